The summed E-state index contributed by atoms with van der Waals surface area (Å²) in [5.74, 6) is 2.64. The Morgan fingerprint density at radius 2 is 1.97 bits per heavy atom. The minimum absolute atomic E-state index is 0.551. The molecule has 1 aliphatic heterocycles. The first-order valence-corrected chi connectivity index (χ1v) is 9.75. The van der Waals surface area contributed by atoms with Gasteiger partial charge in [0.25, 0.3) is 0 Å². The van der Waals surface area contributed by atoms with Gasteiger partial charge in [-0.15, -0.1) is 0 Å². The second-order valence-corrected chi connectivity index (χ2v) is 7.17. The summed E-state index contributed by atoms with van der Waals surface area (Å²) in [7, 11) is 0. The van der Waals surface area contributed by atoms with Crippen LogP contribution in [0.2, 0.25) is 0 Å². The Morgan fingerprint density at radius 1 is 1.07 bits per heavy atom. The molecule has 0 spiro atoms. The molecule has 2 aliphatic rings. The van der Waals surface area contributed by atoms with Gasteiger partial charge in [0.2, 0.25) is 5.95 Å². The lowest BCUT2D eigenvalue weighted by molar-refractivity contribution is 0.412. The zero-order valence-electron chi connectivity index (χ0n) is 15.9. The van der Waals surface area contributed by atoms with E-state index < -0.39 is 0 Å². The molecule has 8 heteroatoms. The zero-order chi connectivity index (χ0) is 19.5. The number of hydrogen-bond acceptors (Lipinski definition) is 7. The van der Waals surface area contributed by atoms with Crippen LogP contribution in [0.25, 0.3) is 11.3 Å². The van der Waals surface area contributed by atoms with Gasteiger partial charge in [-0.2, -0.15) is 10.1 Å². The molecule has 0 amide bonds. The highest BCUT2D eigenvalue weighted by atomic mass is 15.3. The topological polar surface area (TPSA) is 94.1 Å². The fourth-order valence-corrected chi connectivity index (χ4v) is 3.18. The van der Waals surface area contributed by atoms with Crippen LogP contribution < -0.4 is 10.6 Å². The number of rotatable bonds is 7. The van der Waals surface area contributed by atoms with Gasteiger partial charge in [-0.3, -0.25) is 10.1 Å². The van der Waals surface area contributed by atoms with Gasteiger partial charge in [0.1, 0.15) is 12.5 Å². The van der Waals surface area contributed by atoms with E-state index in [9.17, 15) is 0 Å². The molecule has 0 unspecified atom stereocenters. The van der Waals surface area contributed by atoms with Crippen molar-refractivity contribution in [2.24, 2.45) is 4.99 Å². The quantitative estimate of drug-likeness (QED) is 0.573. The maximum atomic E-state index is 4.69. The van der Waals surface area contributed by atoms with Crippen LogP contribution >= 0.6 is 0 Å². The van der Waals surface area contributed by atoms with E-state index in [1.54, 1.807) is 6.21 Å². The van der Waals surface area contributed by atoms with E-state index in [4.69, 9.17) is 4.98 Å². The summed E-state index contributed by atoms with van der Waals surface area (Å²) in [6.07, 6.45) is 8.16. The fourth-order valence-electron chi connectivity index (χ4n) is 3.18. The monoisotopic (exact) mass is 386 g/mol. The Morgan fingerprint density at radius 3 is 2.76 bits per heavy atom. The molecule has 146 valence electrons. The normalized spacial score (nSPS) is 15.5. The van der Waals surface area contributed by atoms with E-state index in [0.29, 0.717) is 31.0 Å². The number of hydrogen-bond donors (Lipinski definition) is 3. The second-order valence-electron chi connectivity index (χ2n) is 7.17. The Bertz CT molecular complexity index is 1040. The average Bonchev–Trinajstić information content (AvgIpc) is 3.53. The molecule has 5 rings (SSSR count). The summed E-state index contributed by atoms with van der Waals surface area (Å²) in [6.45, 7) is 1.18. The minimum atomic E-state index is 0.551. The number of anilines is 3. The summed E-state index contributed by atoms with van der Waals surface area (Å²) in [4.78, 5) is 15.6. The number of H-pyrrole nitrogens is 1. The molecule has 1 saturated carbocycles. The van der Waals surface area contributed by atoms with Crippen molar-refractivity contribution in [2.45, 2.75) is 18.8 Å². The first-order chi connectivity index (χ1) is 14.3. The number of nitrogens with one attached hydrogen (secondary N) is 3. The Labute approximate surface area is 168 Å². The Kier molecular flexibility index (Phi) is 4.65. The van der Waals surface area contributed by atoms with E-state index >= 15 is 0 Å². The molecule has 3 N–H and O–H groups in total. The lowest BCUT2D eigenvalue weighted by Crippen LogP contribution is -2.26. The molecule has 8 nitrogen and oxygen atoms in total. The molecule has 3 aromatic rings. The van der Waals surface area contributed by atoms with Crippen molar-refractivity contribution in [3.8, 4) is 11.3 Å². The molecule has 0 saturated heterocycles. The molecule has 0 bridgehead atoms. The van der Waals surface area contributed by atoms with Crippen molar-refractivity contribution >= 4 is 23.8 Å². The van der Waals surface area contributed by atoms with Crippen LogP contribution in [0.1, 0.15) is 24.5 Å². The molecule has 29 heavy (non-hydrogen) atoms. The average molecular weight is 386 g/mol. The predicted molar refractivity (Wildman–Crippen MR) is 114 cm³/mol. The van der Waals surface area contributed by atoms with Crippen LogP contribution in [0, 0.1) is 0 Å². The third-order valence-electron chi connectivity index (χ3n) is 4.86. The van der Waals surface area contributed by atoms with Crippen LogP contribution in [-0.4, -0.2) is 44.6 Å². The summed E-state index contributed by atoms with van der Waals surface area (Å²) in [5.41, 5.74) is 3.06. The van der Waals surface area contributed by atoms with E-state index in [1.165, 1.54) is 18.5 Å². The third kappa shape index (κ3) is 4.26. The molecule has 1 fully saturated rings. The lowest BCUT2D eigenvalue weighted by atomic mass is 10.1. The van der Waals surface area contributed by atoms with Crippen molar-refractivity contribution in [1.29, 1.82) is 0 Å². The van der Waals surface area contributed by atoms with Gasteiger partial charge in [0.05, 0.1) is 12.4 Å². The highest BCUT2D eigenvalue weighted by Gasteiger charge is 2.25. The highest BCUT2D eigenvalue weighted by Crippen LogP contribution is 2.39. The minimum Gasteiger partial charge on any atom is -0.341 e. The van der Waals surface area contributed by atoms with Crippen molar-refractivity contribution in [3.63, 3.8) is 0 Å². The smallest absolute Gasteiger partial charge is 0.226 e. The lowest BCUT2D eigenvalue weighted by Gasteiger charge is -2.20. The fraction of sp³-hybridized carbons (Fsp3) is 0.238. The van der Waals surface area contributed by atoms with Crippen LogP contribution in [0.3, 0.4) is 0 Å². The zero-order valence-corrected chi connectivity index (χ0v) is 15.9. The number of allylic oxidation sites excluding steroid dienone is 1. The van der Waals surface area contributed by atoms with Crippen LogP contribution in [-0.2, 0) is 0 Å². The SMILES string of the molecule is C1=CN(CNc2nc(Nc3cc(C4CC4)[nH]n3)cc(-c3ccccc3)n2)CN=C1. The van der Waals surface area contributed by atoms with Crippen LogP contribution in [0.5, 0.6) is 0 Å². The van der Waals surface area contributed by atoms with Crippen molar-refractivity contribution in [2.75, 3.05) is 24.0 Å². The number of aromatic nitrogens is 4. The Hall–Kier alpha value is -3.68. The molecule has 3 heterocycles. The van der Waals surface area contributed by atoms with Gasteiger partial charge in [-0.25, -0.2) is 4.98 Å². The maximum Gasteiger partial charge on any atom is 0.226 e. The van der Waals surface area contributed by atoms with E-state index in [2.05, 4.69) is 36.9 Å². The summed E-state index contributed by atoms with van der Waals surface area (Å²) >= 11 is 0. The molecule has 1 aliphatic carbocycles. The van der Waals surface area contributed by atoms with Gasteiger partial charge in [0, 0.05) is 41.7 Å². The number of aliphatic imine (C=N–C) groups is 1. The van der Waals surface area contributed by atoms with E-state index in [1.807, 2.05) is 53.6 Å². The van der Waals surface area contributed by atoms with Crippen molar-refractivity contribution in [1.82, 2.24) is 25.1 Å². The van der Waals surface area contributed by atoms with Gasteiger partial charge in [-0.1, -0.05) is 30.3 Å². The maximum absolute atomic E-state index is 4.69. The molecule has 2 aromatic heterocycles. The van der Waals surface area contributed by atoms with Crippen molar-refractivity contribution < 1.29 is 0 Å². The molecular formula is C21H22N8. The molecular weight excluding hydrogens is 364 g/mol. The van der Waals surface area contributed by atoms with Crippen LogP contribution in [0.4, 0.5) is 17.6 Å². The van der Waals surface area contributed by atoms with Gasteiger partial charge in [0.15, 0.2) is 5.82 Å². The summed E-state index contributed by atoms with van der Waals surface area (Å²) < 4.78 is 0. The van der Waals surface area contributed by atoms with Gasteiger partial charge >= 0.3 is 0 Å². The first-order valence-electron chi connectivity index (χ1n) is 9.75. The van der Waals surface area contributed by atoms with E-state index in [0.717, 1.165) is 17.1 Å². The summed E-state index contributed by atoms with van der Waals surface area (Å²) in [6, 6.07) is 14.1. The van der Waals surface area contributed by atoms with Gasteiger partial charge < -0.3 is 15.5 Å². The predicted octanol–water partition coefficient (Wildman–Crippen LogP) is 3.71. The molecule has 1 aromatic carbocycles. The number of benzene rings is 1. The van der Waals surface area contributed by atoms with Crippen molar-refractivity contribution in [3.05, 3.63) is 60.4 Å². The largest absolute Gasteiger partial charge is 0.341 e. The first kappa shape index (κ1) is 17.4. The second kappa shape index (κ2) is 7.75. The summed E-state index contributed by atoms with van der Waals surface area (Å²) in [5, 5.41) is 14.1. The molecule has 0 atom stereocenters. The number of aromatic amines is 1. The molecule has 0 radical (unpaired) electrons. The van der Waals surface area contributed by atoms with Gasteiger partial charge in [-0.05, 0) is 18.9 Å². The Balaban J connectivity index is 1.39. The standard InChI is InChI=1S/C21H22N8/c1-2-5-15(6-3-1)17-11-19(25-20-12-18(27-28-20)16-7-8-16)26-21(24-17)23-14-29-10-4-9-22-13-29/h1-6,9-12,16H,7-8,13-14H2,(H3,23,24,25,26,27,28). The third-order valence-corrected chi connectivity index (χ3v) is 4.86. The van der Waals surface area contributed by atoms with Crippen LogP contribution in [0.15, 0.2) is 59.7 Å². The number of nitrogens with zero attached hydrogens (tertiary/aromatic N) is 5. The van der Waals surface area contributed by atoms with E-state index in [-0.39, 0.29) is 0 Å². The highest BCUT2D eigenvalue weighted by molar-refractivity contribution is 5.71.